The van der Waals surface area contributed by atoms with Crippen LogP contribution < -0.4 is 5.32 Å². The van der Waals surface area contributed by atoms with Gasteiger partial charge in [-0.1, -0.05) is 24.9 Å². The van der Waals surface area contributed by atoms with Gasteiger partial charge < -0.3 is 14.5 Å². The van der Waals surface area contributed by atoms with E-state index in [0.717, 1.165) is 18.7 Å². The van der Waals surface area contributed by atoms with E-state index >= 15 is 0 Å². The van der Waals surface area contributed by atoms with Crippen LogP contribution >= 0.6 is 11.6 Å². The number of nitrogens with one attached hydrogen (secondary N) is 1. The minimum absolute atomic E-state index is 0.0961. The van der Waals surface area contributed by atoms with E-state index in [4.69, 9.17) is 11.6 Å². The van der Waals surface area contributed by atoms with Gasteiger partial charge in [0.15, 0.2) is 0 Å². The molecule has 2 rings (SSSR count). The number of carbonyl (C=O) groups is 1. The van der Waals surface area contributed by atoms with E-state index in [-0.39, 0.29) is 11.9 Å². The van der Waals surface area contributed by atoms with Gasteiger partial charge in [-0.05, 0) is 12.5 Å². The van der Waals surface area contributed by atoms with Crippen LogP contribution in [0.25, 0.3) is 0 Å². The summed E-state index contributed by atoms with van der Waals surface area (Å²) in [5.41, 5.74) is 0.547. The molecular weight excluding hydrogens is 276 g/mol. The Bertz CT molecular complexity index is 602. The Hall–Kier alpha value is -1.75. The highest BCUT2D eigenvalue weighted by Gasteiger charge is 2.20. The molecular formula is C14H19ClN4O. The molecule has 0 aliphatic carbocycles. The van der Waals surface area contributed by atoms with E-state index in [1.165, 1.54) is 0 Å². The summed E-state index contributed by atoms with van der Waals surface area (Å²) >= 11 is 5.91. The van der Waals surface area contributed by atoms with Gasteiger partial charge in [-0.15, -0.1) is 0 Å². The maximum atomic E-state index is 12.3. The molecule has 0 aliphatic heterocycles. The molecule has 0 spiro atoms. The predicted octanol–water partition coefficient (Wildman–Crippen LogP) is 2.68. The maximum Gasteiger partial charge on any atom is 0.268 e. The number of amides is 1. The molecule has 0 bridgehead atoms. The fraction of sp³-hybridized carbons (Fsp3) is 0.429. The highest BCUT2D eigenvalue weighted by Crippen LogP contribution is 2.18. The number of rotatable bonds is 5. The molecule has 0 aromatic carbocycles. The Labute approximate surface area is 123 Å². The van der Waals surface area contributed by atoms with Crippen LogP contribution in [0.5, 0.6) is 0 Å². The largest absolute Gasteiger partial charge is 0.345 e. The predicted molar refractivity (Wildman–Crippen MR) is 78.7 cm³/mol. The first-order valence-electron chi connectivity index (χ1n) is 6.63. The summed E-state index contributed by atoms with van der Waals surface area (Å²) in [6, 6.07) is 1.57. The first-order valence-corrected chi connectivity index (χ1v) is 7.00. The summed E-state index contributed by atoms with van der Waals surface area (Å²) in [5, 5.41) is 3.59. The summed E-state index contributed by atoms with van der Waals surface area (Å²) in [7, 11) is 3.73. The lowest BCUT2D eigenvalue weighted by Crippen LogP contribution is -2.31. The second-order valence-corrected chi connectivity index (χ2v) is 5.30. The molecule has 0 saturated carbocycles. The van der Waals surface area contributed by atoms with E-state index in [1.807, 2.05) is 17.8 Å². The van der Waals surface area contributed by atoms with Gasteiger partial charge >= 0.3 is 0 Å². The highest BCUT2D eigenvalue weighted by molar-refractivity contribution is 6.31. The molecule has 6 heteroatoms. The van der Waals surface area contributed by atoms with Crippen molar-refractivity contribution in [3.63, 3.8) is 0 Å². The summed E-state index contributed by atoms with van der Waals surface area (Å²) in [5.74, 6) is 0.723. The van der Waals surface area contributed by atoms with E-state index in [1.54, 1.807) is 30.1 Å². The van der Waals surface area contributed by atoms with Gasteiger partial charge in [0.2, 0.25) is 0 Å². The Morgan fingerprint density at radius 3 is 2.70 bits per heavy atom. The smallest absolute Gasteiger partial charge is 0.268 e. The van der Waals surface area contributed by atoms with E-state index < -0.39 is 0 Å². The quantitative estimate of drug-likeness (QED) is 0.922. The zero-order valence-electron chi connectivity index (χ0n) is 11.9. The van der Waals surface area contributed by atoms with Crippen LogP contribution in [-0.2, 0) is 14.1 Å². The van der Waals surface area contributed by atoms with Crippen molar-refractivity contribution < 1.29 is 4.79 Å². The average molecular weight is 295 g/mol. The Kier molecular flexibility index (Phi) is 4.49. The Balaban J connectivity index is 2.18. The molecule has 1 N–H and O–H groups in total. The maximum absolute atomic E-state index is 12.3. The fourth-order valence-corrected chi connectivity index (χ4v) is 2.50. The van der Waals surface area contributed by atoms with Crippen LogP contribution in [0.4, 0.5) is 0 Å². The number of aryl methyl sites for hydroxylation is 2. The van der Waals surface area contributed by atoms with Crippen molar-refractivity contribution >= 4 is 17.5 Å². The number of halogens is 1. The molecule has 108 valence electrons. The first kappa shape index (κ1) is 14.7. The van der Waals surface area contributed by atoms with Crippen molar-refractivity contribution in [2.75, 3.05) is 0 Å². The standard InChI is InChI=1S/C14H19ClN4O/c1-4-5-11(13-16-6-7-18(13)2)17-14(20)12-8-10(15)9-19(12)3/h6-9,11H,4-5H2,1-3H3,(H,17,20). The molecule has 2 aromatic heterocycles. The number of hydrogen-bond donors (Lipinski definition) is 1. The topological polar surface area (TPSA) is 51.9 Å². The zero-order valence-corrected chi connectivity index (χ0v) is 12.7. The van der Waals surface area contributed by atoms with E-state index in [9.17, 15) is 4.79 Å². The summed E-state index contributed by atoms with van der Waals surface area (Å²) in [4.78, 5) is 16.7. The molecule has 1 atom stereocenters. The lowest BCUT2D eigenvalue weighted by Gasteiger charge is -2.18. The van der Waals surface area contributed by atoms with Gasteiger partial charge in [0, 0.05) is 32.7 Å². The third-order valence-electron chi connectivity index (χ3n) is 3.26. The molecule has 2 aromatic rings. The van der Waals surface area contributed by atoms with Gasteiger partial charge in [0.05, 0.1) is 11.1 Å². The fourth-order valence-electron chi connectivity index (χ4n) is 2.25. The first-order chi connectivity index (χ1) is 9.52. The van der Waals surface area contributed by atoms with Gasteiger partial charge in [-0.2, -0.15) is 0 Å². The molecule has 0 saturated heterocycles. The molecule has 20 heavy (non-hydrogen) atoms. The van der Waals surface area contributed by atoms with Crippen LogP contribution in [0.2, 0.25) is 5.02 Å². The molecule has 0 aliphatic rings. The van der Waals surface area contributed by atoms with Crippen molar-refractivity contribution in [3.05, 3.63) is 41.2 Å². The SMILES string of the molecule is CCCC(NC(=O)c1cc(Cl)cn1C)c1nccn1C. The number of imidazole rings is 1. The number of carbonyl (C=O) groups excluding carboxylic acids is 1. The summed E-state index contributed by atoms with van der Waals surface area (Å²) < 4.78 is 3.65. The van der Waals surface area contributed by atoms with Crippen LogP contribution in [-0.4, -0.2) is 20.0 Å². The van der Waals surface area contributed by atoms with Gasteiger partial charge in [-0.25, -0.2) is 4.98 Å². The molecule has 1 amide bonds. The second kappa shape index (κ2) is 6.13. The molecule has 0 radical (unpaired) electrons. The lowest BCUT2D eigenvalue weighted by atomic mass is 10.1. The molecule has 2 heterocycles. The lowest BCUT2D eigenvalue weighted by molar-refractivity contribution is 0.0924. The number of hydrogen-bond acceptors (Lipinski definition) is 2. The third-order valence-corrected chi connectivity index (χ3v) is 3.46. The third kappa shape index (κ3) is 3.04. The van der Waals surface area contributed by atoms with Crippen LogP contribution in [0.15, 0.2) is 24.7 Å². The van der Waals surface area contributed by atoms with Crippen LogP contribution in [0, 0.1) is 0 Å². The van der Waals surface area contributed by atoms with Crippen LogP contribution in [0.3, 0.4) is 0 Å². The van der Waals surface area contributed by atoms with E-state index in [0.29, 0.717) is 10.7 Å². The monoisotopic (exact) mass is 294 g/mol. The van der Waals surface area contributed by atoms with Gasteiger partial charge in [0.1, 0.15) is 11.5 Å². The number of aromatic nitrogens is 3. The zero-order chi connectivity index (χ0) is 14.7. The molecule has 0 fully saturated rings. The summed E-state index contributed by atoms with van der Waals surface area (Å²) in [6.07, 6.45) is 7.14. The van der Waals surface area contributed by atoms with Gasteiger partial charge in [-0.3, -0.25) is 4.79 Å². The van der Waals surface area contributed by atoms with Crippen molar-refractivity contribution in [3.8, 4) is 0 Å². The Morgan fingerprint density at radius 2 is 2.20 bits per heavy atom. The van der Waals surface area contributed by atoms with Crippen molar-refractivity contribution in [1.29, 1.82) is 0 Å². The normalized spacial score (nSPS) is 12.4. The Morgan fingerprint density at radius 1 is 1.45 bits per heavy atom. The average Bonchev–Trinajstić information content (AvgIpc) is 2.94. The number of nitrogens with zero attached hydrogens (tertiary/aromatic N) is 3. The minimum atomic E-state index is -0.138. The second-order valence-electron chi connectivity index (χ2n) is 4.87. The minimum Gasteiger partial charge on any atom is -0.345 e. The van der Waals surface area contributed by atoms with E-state index in [2.05, 4.69) is 17.2 Å². The molecule has 1 unspecified atom stereocenters. The highest BCUT2D eigenvalue weighted by atomic mass is 35.5. The van der Waals surface area contributed by atoms with Crippen molar-refractivity contribution in [1.82, 2.24) is 19.4 Å². The molecule has 5 nitrogen and oxygen atoms in total. The van der Waals surface area contributed by atoms with Crippen LogP contribution in [0.1, 0.15) is 42.1 Å². The van der Waals surface area contributed by atoms with Gasteiger partial charge in [0.25, 0.3) is 5.91 Å². The summed E-state index contributed by atoms with van der Waals surface area (Å²) in [6.45, 7) is 2.08. The van der Waals surface area contributed by atoms with Crippen molar-refractivity contribution in [2.45, 2.75) is 25.8 Å². The van der Waals surface area contributed by atoms with Crippen molar-refractivity contribution in [2.24, 2.45) is 14.1 Å².